The highest BCUT2D eigenvalue weighted by atomic mass is 79.9. The second kappa shape index (κ2) is 5.52. The largest absolute Gasteiger partial charge is 0.384 e. The smallest absolute Gasteiger partial charge is 0.125 e. The van der Waals surface area contributed by atoms with Gasteiger partial charge in [0.1, 0.15) is 5.01 Å². The number of aromatic nitrogens is 2. The molecule has 0 aliphatic rings. The first-order chi connectivity index (χ1) is 7.79. The Balaban J connectivity index is 2.18. The van der Waals surface area contributed by atoms with Gasteiger partial charge in [-0.1, -0.05) is 0 Å². The molecule has 2 aromatic rings. The van der Waals surface area contributed by atoms with Gasteiger partial charge in [0.2, 0.25) is 0 Å². The monoisotopic (exact) mass is 298 g/mol. The molecule has 16 heavy (non-hydrogen) atoms. The summed E-state index contributed by atoms with van der Waals surface area (Å²) < 4.78 is 6.00. The molecular weight excluding hydrogens is 288 g/mol. The Morgan fingerprint density at radius 3 is 3.06 bits per heavy atom. The number of methoxy groups -OCH3 is 1. The zero-order chi connectivity index (χ0) is 11.4. The van der Waals surface area contributed by atoms with Crippen LogP contribution in [0.5, 0.6) is 0 Å². The molecule has 0 saturated heterocycles. The van der Waals surface area contributed by atoms with Crippen molar-refractivity contribution in [2.24, 2.45) is 0 Å². The van der Waals surface area contributed by atoms with Crippen LogP contribution in [0.1, 0.15) is 5.69 Å². The van der Waals surface area contributed by atoms with E-state index in [1.165, 1.54) is 0 Å². The van der Waals surface area contributed by atoms with Crippen molar-refractivity contribution in [2.75, 3.05) is 13.7 Å². The zero-order valence-corrected chi connectivity index (χ0v) is 11.2. The third-order valence-corrected chi connectivity index (χ3v) is 3.44. The van der Waals surface area contributed by atoms with Gasteiger partial charge in [0.15, 0.2) is 0 Å². The number of nitrogens with zero attached hydrogens (tertiary/aromatic N) is 2. The van der Waals surface area contributed by atoms with Crippen LogP contribution in [-0.4, -0.2) is 23.7 Å². The van der Waals surface area contributed by atoms with Crippen molar-refractivity contribution in [1.82, 2.24) is 9.97 Å². The molecule has 0 radical (unpaired) electrons. The Kier molecular flexibility index (Phi) is 4.04. The van der Waals surface area contributed by atoms with E-state index in [2.05, 4.69) is 31.3 Å². The lowest BCUT2D eigenvalue weighted by Gasteiger charge is -1.96. The van der Waals surface area contributed by atoms with E-state index in [-0.39, 0.29) is 0 Å². The van der Waals surface area contributed by atoms with E-state index in [0.29, 0.717) is 6.61 Å². The minimum Gasteiger partial charge on any atom is -0.384 e. The molecule has 3 nitrogen and oxygen atoms in total. The maximum Gasteiger partial charge on any atom is 0.125 e. The van der Waals surface area contributed by atoms with Crippen molar-refractivity contribution in [2.45, 2.75) is 6.42 Å². The molecule has 5 heteroatoms. The van der Waals surface area contributed by atoms with Crippen molar-refractivity contribution in [3.8, 4) is 10.6 Å². The van der Waals surface area contributed by atoms with Gasteiger partial charge in [-0.3, -0.25) is 4.98 Å². The minimum absolute atomic E-state index is 0.708. The summed E-state index contributed by atoms with van der Waals surface area (Å²) >= 11 is 5.04. The molecule has 0 atom stereocenters. The fraction of sp³-hybridized carbons (Fsp3) is 0.273. The Morgan fingerprint density at radius 1 is 1.44 bits per heavy atom. The molecule has 0 amide bonds. The fourth-order valence-electron chi connectivity index (χ4n) is 1.29. The molecule has 0 fully saturated rings. The van der Waals surface area contributed by atoms with Gasteiger partial charge < -0.3 is 4.74 Å². The molecule has 2 heterocycles. The van der Waals surface area contributed by atoms with Crippen LogP contribution in [0.25, 0.3) is 10.6 Å². The number of rotatable bonds is 4. The molecular formula is C11H11BrN2OS. The zero-order valence-electron chi connectivity index (χ0n) is 8.81. The number of pyridine rings is 1. The summed E-state index contributed by atoms with van der Waals surface area (Å²) in [5.74, 6) is 0. The highest BCUT2D eigenvalue weighted by molar-refractivity contribution is 9.10. The summed E-state index contributed by atoms with van der Waals surface area (Å²) in [5, 5.41) is 3.06. The lowest BCUT2D eigenvalue weighted by atomic mass is 10.3. The molecule has 0 aliphatic heterocycles. The lowest BCUT2D eigenvalue weighted by Crippen LogP contribution is -1.94. The molecule has 0 aliphatic carbocycles. The summed E-state index contributed by atoms with van der Waals surface area (Å²) in [5.41, 5.74) is 2.12. The molecule has 0 N–H and O–H groups in total. The van der Waals surface area contributed by atoms with Gasteiger partial charge in [0, 0.05) is 41.3 Å². The average Bonchev–Trinajstić information content (AvgIpc) is 2.75. The van der Waals surface area contributed by atoms with Gasteiger partial charge >= 0.3 is 0 Å². The van der Waals surface area contributed by atoms with E-state index in [0.717, 1.165) is 27.2 Å². The Labute approximate surface area is 107 Å². The molecule has 0 saturated carbocycles. The molecule has 0 spiro atoms. The van der Waals surface area contributed by atoms with E-state index < -0.39 is 0 Å². The summed E-state index contributed by atoms with van der Waals surface area (Å²) in [4.78, 5) is 8.66. The minimum atomic E-state index is 0.708. The summed E-state index contributed by atoms with van der Waals surface area (Å²) in [6.45, 7) is 0.708. The van der Waals surface area contributed by atoms with Crippen molar-refractivity contribution in [3.05, 3.63) is 34.0 Å². The van der Waals surface area contributed by atoms with Crippen LogP contribution in [-0.2, 0) is 11.2 Å². The van der Waals surface area contributed by atoms with Crippen molar-refractivity contribution >= 4 is 27.3 Å². The van der Waals surface area contributed by atoms with Crippen LogP contribution in [0.2, 0.25) is 0 Å². The van der Waals surface area contributed by atoms with E-state index in [1.807, 2.05) is 12.3 Å². The number of halogens is 1. The molecule has 0 aromatic carbocycles. The first-order valence-corrected chi connectivity index (χ1v) is 6.51. The number of ether oxygens (including phenoxy) is 1. The summed E-state index contributed by atoms with van der Waals surface area (Å²) in [7, 11) is 1.70. The quantitative estimate of drug-likeness (QED) is 0.870. The van der Waals surface area contributed by atoms with Crippen LogP contribution in [0.4, 0.5) is 0 Å². The molecule has 84 valence electrons. The summed E-state index contributed by atoms with van der Waals surface area (Å²) in [6.07, 6.45) is 4.45. The maximum absolute atomic E-state index is 5.02. The Morgan fingerprint density at radius 2 is 2.31 bits per heavy atom. The summed E-state index contributed by atoms with van der Waals surface area (Å²) in [6, 6.07) is 2.02. The highest BCUT2D eigenvalue weighted by Gasteiger charge is 2.05. The first kappa shape index (κ1) is 11.7. The standard InChI is InChI=1S/C11H11BrN2OS/c1-15-3-2-10-7-16-11(14-10)8-4-9(12)6-13-5-8/h4-7H,2-3H2,1H3. The van der Waals surface area contributed by atoms with E-state index in [9.17, 15) is 0 Å². The molecule has 0 unspecified atom stereocenters. The predicted octanol–water partition coefficient (Wildman–Crippen LogP) is 3.16. The predicted molar refractivity (Wildman–Crippen MR) is 68.6 cm³/mol. The van der Waals surface area contributed by atoms with E-state index >= 15 is 0 Å². The topological polar surface area (TPSA) is 35.0 Å². The van der Waals surface area contributed by atoms with Gasteiger partial charge in [-0.05, 0) is 22.0 Å². The highest BCUT2D eigenvalue weighted by Crippen LogP contribution is 2.25. The van der Waals surface area contributed by atoms with Crippen molar-refractivity contribution < 1.29 is 4.74 Å². The molecule has 0 bridgehead atoms. The lowest BCUT2D eigenvalue weighted by molar-refractivity contribution is 0.201. The van der Waals surface area contributed by atoms with Crippen molar-refractivity contribution in [1.29, 1.82) is 0 Å². The Hall–Kier alpha value is -0.780. The Bertz CT molecular complexity index is 473. The van der Waals surface area contributed by atoms with E-state index in [1.54, 1.807) is 24.6 Å². The van der Waals surface area contributed by atoms with Gasteiger partial charge in [-0.2, -0.15) is 0 Å². The second-order valence-electron chi connectivity index (χ2n) is 3.28. The van der Waals surface area contributed by atoms with Gasteiger partial charge in [0.25, 0.3) is 0 Å². The number of thiazole rings is 1. The average molecular weight is 299 g/mol. The SMILES string of the molecule is COCCc1csc(-c2cncc(Br)c2)n1. The molecule has 2 rings (SSSR count). The van der Waals surface area contributed by atoms with Crippen LogP contribution < -0.4 is 0 Å². The van der Waals surface area contributed by atoms with Crippen LogP contribution in [0.15, 0.2) is 28.3 Å². The normalized spacial score (nSPS) is 10.6. The molecule has 2 aromatic heterocycles. The van der Waals surface area contributed by atoms with Crippen LogP contribution >= 0.6 is 27.3 Å². The van der Waals surface area contributed by atoms with Gasteiger partial charge in [-0.25, -0.2) is 4.98 Å². The number of hydrogen-bond acceptors (Lipinski definition) is 4. The fourth-order valence-corrected chi connectivity index (χ4v) is 2.49. The van der Waals surface area contributed by atoms with Gasteiger partial charge in [0.05, 0.1) is 12.3 Å². The second-order valence-corrected chi connectivity index (χ2v) is 5.05. The van der Waals surface area contributed by atoms with Crippen LogP contribution in [0.3, 0.4) is 0 Å². The maximum atomic E-state index is 5.02. The van der Waals surface area contributed by atoms with Gasteiger partial charge in [-0.15, -0.1) is 11.3 Å². The van der Waals surface area contributed by atoms with Crippen molar-refractivity contribution in [3.63, 3.8) is 0 Å². The third-order valence-electron chi connectivity index (χ3n) is 2.07. The number of hydrogen-bond donors (Lipinski definition) is 0. The first-order valence-electron chi connectivity index (χ1n) is 4.84. The third kappa shape index (κ3) is 2.87. The van der Waals surface area contributed by atoms with E-state index in [4.69, 9.17) is 4.74 Å². The van der Waals surface area contributed by atoms with Crippen LogP contribution in [0, 0.1) is 0 Å².